The van der Waals surface area contributed by atoms with Gasteiger partial charge in [0, 0.05) is 18.2 Å². The summed E-state index contributed by atoms with van der Waals surface area (Å²) in [6.07, 6.45) is -10.6. The van der Waals surface area contributed by atoms with Gasteiger partial charge in [-0.3, -0.25) is 4.98 Å². The van der Waals surface area contributed by atoms with Gasteiger partial charge in [0.2, 0.25) is 0 Å². The Bertz CT molecular complexity index is 1240. The molecule has 4 rings (SSSR count). The monoisotopic (exact) mass is 540 g/mol. The van der Waals surface area contributed by atoms with Crippen molar-refractivity contribution in [2.45, 2.75) is 56.8 Å². The van der Waals surface area contributed by atoms with Crippen LogP contribution in [0.15, 0.2) is 54.6 Å². The molecular formula is C28H27F7N2O. The van der Waals surface area contributed by atoms with E-state index in [2.05, 4.69) is 0 Å². The Balaban J connectivity index is 1.71. The maximum Gasteiger partial charge on any atom is 0.416 e. The number of aromatic nitrogens is 1. The third-order valence-corrected chi connectivity index (χ3v) is 6.61. The first-order valence-electron chi connectivity index (χ1n) is 12.1. The highest BCUT2D eigenvalue weighted by atomic mass is 19.4. The molecule has 204 valence electrons. The fourth-order valence-corrected chi connectivity index (χ4v) is 4.86. The second-order valence-electron chi connectivity index (χ2n) is 9.80. The molecule has 3 nitrogen and oxygen atoms in total. The molecule has 1 aliphatic carbocycles. The minimum Gasteiger partial charge on any atom is -0.370 e. The Morgan fingerprint density at radius 2 is 1.53 bits per heavy atom. The molecule has 1 heterocycles. The van der Waals surface area contributed by atoms with Crippen LogP contribution in [-0.2, 0) is 30.1 Å². The third-order valence-electron chi connectivity index (χ3n) is 6.61. The van der Waals surface area contributed by atoms with E-state index in [-0.39, 0.29) is 11.6 Å². The molecule has 0 unspecified atom stereocenters. The van der Waals surface area contributed by atoms with Gasteiger partial charge < -0.3 is 9.64 Å². The van der Waals surface area contributed by atoms with Crippen molar-refractivity contribution >= 4 is 0 Å². The first-order chi connectivity index (χ1) is 17.7. The van der Waals surface area contributed by atoms with Crippen LogP contribution in [0.2, 0.25) is 0 Å². The normalized spacial score (nSPS) is 18.9. The molecule has 0 saturated heterocycles. The number of aryl methyl sites for hydroxylation is 1. The summed E-state index contributed by atoms with van der Waals surface area (Å²) in [5, 5.41) is 0. The number of fused-ring (bicyclic) bond motifs is 1. The third kappa shape index (κ3) is 6.35. The Morgan fingerprint density at radius 3 is 2.08 bits per heavy atom. The van der Waals surface area contributed by atoms with Gasteiger partial charge in [0.1, 0.15) is 5.82 Å². The first kappa shape index (κ1) is 28.0. The zero-order chi connectivity index (χ0) is 27.8. The molecule has 10 heteroatoms. The lowest BCUT2D eigenvalue weighted by atomic mass is 9.78. The molecule has 3 atom stereocenters. The van der Waals surface area contributed by atoms with E-state index in [1.165, 1.54) is 19.1 Å². The van der Waals surface area contributed by atoms with E-state index in [9.17, 15) is 30.7 Å². The van der Waals surface area contributed by atoms with E-state index in [0.29, 0.717) is 37.1 Å². The molecule has 0 spiro atoms. The summed E-state index contributed by atoms with van der Waals surface area (Å²) in [5.41, 5.74) is 0.246. The maximum atomic E-state index is 13.7. The molecule has 0 fully saturated rings. The lowest BCUT2D eigenvalue weighted by molar-refractivity contribution is -0.143. The van der Waals surface area contributed by atoms with Crippen molar-refractivity contribution in [1.82, 2.24) is 9.88 Å². The highest BCUT2D eigenvalue weighted by Gasteiger charge is 2.38. The summed E-state index contributed by atoms with van der Waals surface area (Å²) in [5.74, 6) is -0.866. The summed E-state index contributed by atoms with van der Waals surface area (Å²) in [6, 6.07) is 11.1. The molecule has 1 aliphatic rings. The molecule has 1 aromatic heterocycles. The number of halogens is 7. The predicted molar refractivity (Wildman–Crippen MR) is 128 cm³/mol. The van der Waals surface area contributed by atoms with Crippen molar-refractivity contribution in [1.29, 1.82) is 0 Å². The molecular weight excluding hydrogens is 513 g/mol. The first-order valence-corrected chi connectivity index (χ1v) is 12.1. The molecule has 38 heavy (non-hydrogen) atoms. The minimum atomic E-state index is -4.95. The number of ether oxygens (including phenoxy) is 1. The largest absolute Gasteiger partial charge is 0.416 e. The molecule has 0 bridgehead atoms. The van der Waals surface area contributed by atoms with Crippen LogP contribution in [0.1, 0.15) is 64.6 Å². The van der Waals surface area contributed by atoms with Crippen molar-refractivity contribution in [2.24, 2.45) is 0 Å². The zero-order valence-corrected chi connectivity index (χ0v) is 21.0. The molecule has 0 saturated carbocycles. The molecule has 0 amide bonds. The van der Waals surface area contributed by atoms with Crippen molar-refractivity contribution in [3.05, 3.63) is 99.6 Å². The van der Waals surface area contributed by atoms with Crippen molar-refractivity contribution < 1.29 is 35.5 Å². The van der Waals surface area contributed by atoms with Crippen LogP contribution in [0.4, 0.5) is 30.7 Å². The standard InChI is InChI=1S/C28H27F7N2O/c1-16(18-12-19(27(30,31)32)14-20(13-18)28(33,34)35)38-25-11-10-24-23(9-8-22(36-24)15-37(2)3)26(25)17-4-6-21(29)7-5-17/h4-9,12-14,16,25-26H,10-11,15H2,1-3H3/t16-,25+,26+/m1/s1. The highest BCUT2D eigenvalue weighted by Crippen LogP contribution is 2.42. The average Bonchev–Trinajstić information content (AvgIpc) is 2.83. The van der Waals surface area contributed by atoms with Crippen molar-refractivity contribution in [3.63, 3.8) is 0 Å². The second-order valence-corrected chi connectivity index (χ2v) is 9.80. The number of hydrogen-bond acceptors (Lipinski definition) is 3. The fraction of sp³-hybridized carbons (Fsp3) is 0.393. The van der Waals surface area contributed by atoms with Crippen LogP contribution in [-0.4, -0.2) is 30.1 Å². The van der Waals surface area contributed by atoms with E-state index >= 15 is 0 Å². The van der Waals surface area contributed by atoms with Gasteiger partial charge in [-0.15, -0.1) is 0 Å². The Labute approximate surface area is 216 Å². The summed E-state index contributed by atoms with van der Waals surface area (Å²) in [6.45, 7) is 2.06. The fourth-order valence-electron chi connectivity index (χ4n) is 4.86. The number of nitrogens with zero attached hydrogens (tertiary/aromatic N) is 2. The number of alkyl halides is 6. The Kier molecular flexibility index (Phi) is 7.86. The predicted octanol–water partition coefficient (Wildman–Crippen LogP) is 7.54. The van der Waals surface area contributed by atoms with Gasteiger partial charge >= 0.3 is 12.4 Å². The number of hydrogen-bond donors (Lipinski definition) is 0. The van der Waals surface area contributed by atoms with Crippen LogP contribution in [0.5, 0.6) is 0 Å². The molecule has 0 radical (unpaired) electrons. The smallest absolute Gasteiger partial charge is 0.370 e. The van der Waals surface area contributed by atoms with Gasteiger partial charge in [-0.2, -0.15) is 26.3 Å². The van der Waals surface area contributed by atoms with E-state index in [0.717, 1.165) is 17.0 Å². The van der Waals surface area contributed by atoms with Crippen molar-refractivity contribution in [3.8, 4) is 0 Å². The topological polar surface area (TPSA) is 25.4 Å². The Morgan fingerprint density at radius 1 is 0.921 bits per heavy atom. The summed E-state index contributed by atoms with van der Waals surface area (Å²) in [4.78, 5) is 6.75. The summed E-state index contributed by atoms with van der Waals surface area (Å²) in [7, 11) is 3.84. The minimum absolute atomic E-state index is 0.103. The Hall–Kier alpha value is -2.98. The molecule has 0 aliphatic heterocycles. The van der Waals surface area contributed by atoms with Gasteiger partial charge in [0.25, 0.3) is 0 Å². The average molecular weight is 541 g/mol. The van der Waals surface area contributed by atoms with Crippen LogP contribution >= 0.6 is 0 Å². The van der Waals surface area contributed by atoms with Gasteiger partial charge in [-0.05, 0) is 86.9 Å². The van der Waals surface area contributed by atoms with Gasteiger partial charge in [-0.25, -0.2) is 4.39 Å². The summed E-state index contributed by atoms with van der Waals surface area (Å²) >= 11 is 0. The van der Waals surface area contributed by atoms with E-state index < -0.39 is 47.4 Å². The maximum absolute atomic E-state index is 13.7. The highest BCUT2D eigenvalue weighted by molar-refractivity contribution is 5.40. The lowest BCUT2D eigenvalue weighted by Gasteiger charge is -2.35. The summed E-state index contributed by atoms with van der Waals surface area (Å²) < 4.78 is 100. The van der Waals surface area contributed by atoms with Gasteiger partial charge in [-0.1, -0.05) is 18.2 Å². The molecule has 3 aromatic rings. The van der Waals surface area contributed by atoms with Gasteiger partial charge in [0.05, 0.1) is 29.0 Å². The van der Waals surface area contributed by atoms with Crippen molar-refractivity contribution in [2.75, 3.05) is 14.1 Å². The van der Waals surface area contributed by atoms with Crippen LogP contribution < -0.4 is 0 Å². The number of benzene rings is 2. The number of rotatable bonds is 6. The zero-order valence-electron chi connectivity index (χ0n) is 21.0. The lowest BCUT2D eigenvalue weighted by Crippen LogP contribution is -2.31. The van der Waals surface area contributed by atoms with E-state index in [4.69, 9.17) is 9.72 Å². The molecule has 0 N–H and O–H groups in total. The quantitative estimate of drug-likeness (QED) is 0.302. The van der Waals surface area contributed by atoms with E-state index in [1.54, 1.807) is 12.1 Å². The van der Waals surface area contributed by atoms with Gasteiger partial charge in [0.15, 0.2) is 0 Å². The number of pyridine rings is 1. The van der Waals surface area contributed by atoms with Crippen LogP contribution in [0.25, 0.3) is 0 Å². The van der Waals surface area contributed by atoms with E-state index in [1.807, 2.05) is 31.1 Å². The SMILES string of the molecule is C[C@@H](O[C@H]1CCc2nc(CN(C)C)ccc2[C@@H]1c1ccc(F)cc1)c1cc(C(F)(F)F)cc(C(F)(F)F)c1. The molecule has 2 aromatic carbocycles. The van der Waals surface area contributed by atoms with Crippen LogP contribution in [0.3, 0.4) is 0 Å². The second kappa shape index (κ2) is 10.6. The van der Waals surface area contributed by atoms with Crippen LogP contribution in [0, 0.1) is 5.82 Å².